The lowest BCUT2D eigenvalue weighted by Crippen LogP contribution is -2.21. The molecule has 66 valence electrons. The van der Waals surface area contributed by atoms with Crippen LogP contribution in [0.1, 0.15) is 5.56 Å². The fourth-order valence-corrected chi connectivity index (χ4v) is 1.08. The van der Waals surface area contributed by atoms with E-state index in [1.165, 1.54) is 5.56 Å². The first-order chi connectivity index (χ1) is 5.83. The third-order valence-corrected chi connectivity index (χ3v) is 1.91. The summed E-state index contributed by atoms with van der Waals surface area (Å²) < 4.78 is 0.866. The van der Waals surface area contributed by atoms with Crippen LogP contribution in [0.2, 0.25) is 0 Å². The SMILES string of the molecule is NCCNCc1ccc(Br)nc1. The molecular formula is C8H12BrN3. The zero-order chi connectivity index (χ0) is 8.81. The lowest BCUT2D eigenvalue weighted by atomic mass is 10.3. The Bertz CT molecular complexity index is 222. The average Bonchev–Trinajstić information content (AvgIpc) is 2.09. The van der Waals surface area contributed by atoms with Crippen LogP contribution in [0.15, 0.2) is 22.9 Å². The molecule has 0 aliphatic carbocycles. The molecule has 1 aromatic heterocycles. The topological polar surface area (TPSA) is 50.9 Å². The first-order valence-electron chi connectivity index (χ1n) is 3.84. The molecule has 0 bridgehead atoms. The van der Waals surface area contributed by atoms with Gasteiger partial charge in [-0.1, -0.05) is 6.07 Å². The van der Waals surface area contributed by atoms with Crippen LogP contribution in [-0.2, 0) is 6.54 Å². The van der Waals surface area contributed by atoms with Gasteiger partial charge in [-0.25, -0.2) is 4.98 Å². The van der Waals surface area contributed by atoms with Gasteiger partial charge in [0.05, 0.1) is 0 Å². The van der Waals surface area contributed by atoms with Crippen molar-refractivity contribution in [2.45, 2.75) is 6.54 Å². The number of aromatic nitrogens is 1. The zero-order valence-electron chi connectivity index (χ0n) is 6.76. The summed E-state index contributed by atoms with van der Waals surface area (Å²) in [4.78, 5) is 4.10. The summed E-state index contributed by atoms with van der Waals surface area (Å²) in [6, 6.07) is 3.96. The lowest BCUT2D eigenvalue weighted by Gasteiger charge is -2.01. The van der Waals surface area contributed by atoms with E-state index in [4.69, 9.17) is 5.73 Å². The van der Waals surface area contributed by atoms with Crippen molar-refractivity contribution in [2.75, 3.05) is 13.1 Å². The molecule has 1 heterocycles. The molecule has 1 rings (SSSR count). The van der Waals surface area contributed by atoms with E-state index in [0.717, 1.165) is 17.7 Å². The molecule has 4 heteroatoms. The fourth-order valence-electron chi connectivity index (χ4n) is 0.846. The van der Waals surface area contributed by atoms with Crippen molar-refractivity contribution in [3.05, 3.63) is 28.5 Å². The third-order valence-electron chi connectivity index (χ3n) is 1.44. The maximum Gasteiger partial charge on any atom is 0.106 e. The number of rotatable bonds is 4. The molecule has 3 nitrogen and oxygen atoms in total. The standard InChI is InChI=1S/C8H12BrN3/c9-8-2-1-7(6-12-8)5-11-4-3-10/h1-2,6,11H,3-5,10H2. The third kappa shape index (κ3) is 3.30. The van der Waals surface area contributed by atoms with E-state index in [1.807, 2.05) is 18.3 Å². The quantitative estimate of drug-likeness (QED) is 0.596. The minimum Gasteiger partial charge on any atom is -0.329 e. The molecule has 1 aromatic rings. The number of pyridine rings is 1. The van der Waals surface area contributed by atoms with Gasteiger partial charge in [0.25, 0.3) is 0 Å². The highest BCUT2D eigenvalue weighted by molar-refractivity contribution is 9.10. The number of nitrogens with one attached hydrogen (secondary N) is 1. The van der Waals surface area contributed by atoms with Crippen LogP contribution in [0, 0.1) is 0 Å². The van der Waals surface area contributed by atoms with Gasteiger partial charge in [-0.05, 0) is 27.6 Å². The second-order valence-electron chi connectivity index (χ2n) is 2.45. The van der Waals surface area contributed by atoms with Crippen molar-refractivity contribution in [2.24, 2.45) is 5.73 Å². The van der Waals surface area contributed by atoms with Gasteiger partial charge in [-0.15, -0.1) is 0 Å². The van der Waals surface area contributed by atoms with Gasteiger partial charge in [0.15, 0.2) is 0 Å². The van der Waals surface area contributed by atoms with Crippen LogP contribution in [0.5, 0.6) is 0 Å². The van der Waals surface area contributed by atoms with Crippen molar-refractivity contribution < 1.29 is 0 Å². The summed E-state index contributed by atoms with van der Waals surface area (Å²) in [6.07, 6.45) is 1.84. The summed E-state index contributed by atoms with van der Waals surface area (Å²) in [5.41, 5.74) is 6.50. The maximum atomic E-state index is 5.33. The predicted molar refractivity (Wildman–Crippen MR) is 52.7 cm³/mol. The predicted octanol–water partition coefficient (Wildman–Crippen LogP) is 0.892. The molecule has 12 heavy (non-hydrogen) atoms. The Balaban J connectivity index is 2.37. The van der Waals surface area contributed by atoms with E-state index in [2.05, 4.69) is 26.2 Å². The molecule has 0 aromatic carbocycles. The average molecular weight is 230 g/mol. The Morgan fingerprint density at radius 3 is 2.92 bits per heavy atom. The van der Waals surface area contributed by atoms with E-state index >= 15 is 0 Å². The Hall–Kier alpha value is -0.450. The van der Waals surface area contributed by atoms with Crippen molar-refractivity contribution in [3.8, 4) is 0 Å². The van der Waals surface area contributed by atoms with Gasteiger partial charge in [0, 0.05) is 25.8 Å². The molecule has 0 unspecified atom stereocenters. The Kier molecular flexibility index (Phi) is 4.21. The number of nitrogens with two attached hydrogens (primary N) is 1. The number of nitrogens with zero attached hydrogens (tertiary/aromatic N) is 1. The molecule has 0 radical (unpaired) electrons. The maximum absolute atomic E-state index is 5.33. The summed E-state index contributed by atoms with van der Waals surface area (Å²) >= 11 is 3.28. The van der Waals surface area contributed by atoms with Crippen molar-refractivity contribution in [3.63, 3.8) is 0 Å². The zero-order valence-corrected chi connectivity index (χ0v) is 8.34. The molecule has 3 N–H and O–H groups in total. The normalized spacial score (nSPS) is 10.2. The monoisotopic (exact) mass is 229 g/mol. The van der Waals surface area contributed by atoms with E-state index in [-0.39, 0.29) is 0 Å². The van der Waals surface area contributed by atoms with Crippen molar-refractivity contribution in [1.29, 1.82) is 0 Å². The lowest BCUT2D eigenvalue weighted by molar-refractivity contribution is 0.693. The molecule has 0 spiro atoms. The highest BCUT2D eigenvalue weighted by Crippen LogP contribution is 2.05. The Morgan fingerprint density at radius 1 is 1.50 bits per heavy atom. The van der Waals surface area contributed by atoms with Crippen molar-refractivity contribution >= 4 is 15.9 Å². The summed E-state index contributed by atoms with van der Waals surface area (Å²) in [5, 5.41) is 3.19. The number of halogens is 1. The fraction of sp³-hybridized carbons (Fsp3) is 0.375. The van der Waals surface area contributed by atoms with Crippen LogP contribution in [0.3, 0.4) is 0 Å². The number of hydrogen-bond donors (Lipinski definition) is 2. The van der Waals surface area contributed by atoms with Crippen LogP contribution in [-0.4, -0.2) is 18.1 Å². The molecule has 0 fully saturated rings. The summed E-state index contributed by atoms with van der Waals surface area (Å²) in [7, 11) is 0. The minimum absolute atomic E-state index is 0.671. The molecule has 0 saturated heterocycles. The van der Waals surface area contributed by atoms with Gasteiger partial charge >= 0.3 is 0 Å². The van der Waals surface area contributed by atoms with E-state index < -0.39 is 0 Å². The largest absolute Gasteiger partial charge is 0.329 e. The molecule has 0 atom stereocenters. The first kappa shape index (κ1) is 9.64. The van der Waals surface area contributed by atoms with Gasteiger partial charge < -0.3 is 11.1 Å². The van der Waals surface area contributed by atoms with Crippen LogP contribution in [0.25, 0.3) is 0 Å². The van der Waals surface area contributed by atoms with Gasteiger partial charge in [0.2, 0.25) is 0 Å². The Labute approximate surface area is 80.5 Å². The molecule has 0 aliphatic rings. The smallest absolute Gasteiger partial charge is 0.106 e. The van der Waals surface area contributed by atoms with Crippen LogP contribution >= 0.6 is 15.9 Å². The van der Waals surface area contributed by atoms with Crippen LogP contribution < -0.4 is 11.1 Å². The van der Waals surface area contributed by atoms with E-state index in [9.17, 15) is 0 Å². The van der Waals surface area contributed by atoms with Crippen molar-refractivity contribution in [1.82, 2.24) is 10.3 Å². The molecule has 0 saturated carbocycles. The summed E-state index contributed by atoms with van der Waals surface area (Å²) in [5.74, 6) is 0. The Morgan fingerprint density at radius 2 is 2.33 bits per heavy atom. The first-order valence-corrected chi connectivity index (χ1v) is 4.63. The highest BCUT2D eigenvalue weighted by Gasteiger charge is 1.91. The highest BCUT2D eigenvalue weighted by atomic mass is 79.9. The second kappa shape index (κ2) is 5.24. The minimum atomic E-state index is 0.671. The summed E-state index contributed by atoms with van der Waals surface area (Å²) in [6.45, 7) is 2.34. The van der Waals surface area contributed by atoms with E-state index in [0.29, 0.717) is 6.54 Å². The molecule has 0 aliphatic heterocycles. The van der Waals surface area contributed by atoms with Gasteiger partial charge in [-0.2, -0.15) is 0 Å². The molecular weight excluding hydrogens is 218 g/mol. The second-order valence-corrected chi connectivity index (χ2v) is 3.27. The van der Waals surface area contributed by atoms with E-state index in [1.54, 1.807) is 0 Å². The molecule has 0 amide bonds. The van der Waals surface area contributed by atoms with Gasteiger partial charge in [-0.3, -0.25) is 0 Å². The van der Waals surface area contributed by atoms with Gasteiger partial charge in [0.1, 0.15) is 4.60 Å². The van der Waals surface area contributed by atoms with Crippen LogP contribution in [0.4, 0.5) is 0 Å². The number of hydrogen-bond acceptors (Lipinski definition) is 3.